The molecule has 1 heterocycles. The molecule has 7 nitrogen and oxygen atoms in total. The van der Waals surface area contributed by atoms with Gasteiger partial charge in [-0.2, -0.15) is 5.10 Å². The second kappa shape index (κ2) is 8.82. The summed E-state index contributed by atoms with van der Waals surface area (Å²) in [6, 6.07) is -0.342. The molecule has 2 unspecified atom stereocenters. The zero-order valence-corrected chi connectivity index (χ0v) is 14.5. The molecule has 134 valence electrons. The van der Waals surface area contributed by atoms with Crippen molar-refractivity contribution in [1.82, 2.24) is 20.4 Å². The summed E-state index contributed by atoms with van der Waals surface area (Å²) in [5.74, 6) is -0.538. The Morgan fingerprint density at radius 3 is 2.79 bits per heavy atom. The third-order valence-electron chi connectivity index (χ3n) is 4.19. The summed E-state index contributed by atoms with van der Waals surface area (Å²) < 4.78 is 1.70. The van der Waals surface area contributed by atoms with Gasteiger partial charge in [-0.25, -0.2) is 0 Å². The van der Waals surface area contributed by atoms with Crippen LogP contribution in [0.25, 0.3) is 0 Å². The van der Waals surface area contributed by atoms with E-state index in [1.54, 1.807) is 10.9 Å². The van der Waals surface area contributed by atoms with Gasteiger partial charge in [0.15, 0.2) is 6.10 Å². The van der Waals surface area contributed by atoms with Crippen molar-refractivity contribution < 1.29 is 14.7 Å². The van der Waals surface area contributed by atoms with Crippen molar-refractivity contribution in [3.8, 4) is 0 Å². The topological polar surface area (TPSA) is 96.2 Å². The third kappa shape index (κ3) is 5.96. The monoisotopic (exact) mass is 336 g/mol. The zero-order chi connectivity index (χ0) is 17.5. The Morgan fingerprint density at radius 1 is 1.46 bits per heavy atom. The minimum atomic E-state index is -1.19. The summed E-state index contributed by atoms with van der Waals surface area (Å²) in [5.41, 5.74) is 0.991. The number of aromatic nitrogens is 2. The lowest BCUT2D eigenvalue weighted by Gasteiger charge is -2.23. The zero-order valence-electron chi connectivity index (χ0n) is 14.5. The quantitative estimate of drug-likeness (QED) is 0.585. The van der Waals surface area contributed by atoms with Gasteiger partial charge >= 0.3 is 0 Å². The summed E-state index contributed by atoms with van der Waals surface area (Å²) in [5, 5.41) is 20.0. The summed E-state index contributed by atoms with van der Waals surface area (Å²) in [7, 11) is 1.83. The van der Waals surface area contributed by atoms with Gasteiger partial charge in [-0.05, 0) is 31.2 Å². The molecule has 0 spiro atoms. The lowest BCUT2D eigenvalue weighted by atomic mass is 10.0. The number of hydrogen-bond acceptors (Lipinski definition) is 4. The molecule has 1 aromatic rings. The van der Waals surface area contributed by atoms with E-state index in [0.717, 1.165) is 31.2 Å². The van der Waals surface area contributed by atoms with Crippen molar-refractivity contribution in [3.63, 3.8) is 0 Å². The Morgan fingerprint density at radius 2 is 2.21 bits per heavy atom. The number of amides is 2. The number of aryl methyl sites for hydroxylation is 2. The van der Waals surface area contributed by atoms with Gasteiger partial charge in [0.2, 0.25) is 5.91 Å². The molecule has 3 N–H and O–H groups in total. The van der Waals surface area contributed by atoms with E-state index in [2.05, 4.69) is 15.7 Å². The molecular formula is C17H28N4O3. The highest BCUT2D eigenvalue weighted by Gasteiger charge is 2.31. The van der Waals surface area contributed by atoms with E-state index in [4.69, 9.17) is 0 Å². The molecule has 1 aliphatic rings. The molecule has 24 heavy (non-hydrogen) atoms. The van der Waals surface area contributed by atoms with Crippen molar-refractivity contribution in [3.05, 3.63) is 18.0 Å². The van der Waals surface area contributed by atoms with Crippen LogP contribution in [0.15, 0.2) is 12.4 Å². The Kier molecular flexibility index (Phi) is 6.78. The molecule has 2 atom stereocenters. The van der Waals surface area contributed by atoms with Crippen LogP contribution in [0.3, 0.4) is 0 Å². The maximum atomic E-state index is 12.2. The first-order chi connectivity index (χ1) is 11.5. The number of hydrogen-bond donors (Lipinski definition) is 3. The second-order valence-corrected chi connectivity index (χ2v) is 6.57. The number of unbranched alkanes of at least 4 members (excludes halogenated alkanes) is 1. The number of aliphatic hydroxyl groups is 1. The first-order valence-corrected chi connectivity index (χ1v) is 8.75. The van der Waals surface area contributed by atoms with E-state index in [0.29, 0.717) is 19.3 Å². The van der Waals surface area contributed by atoms with Crippen molar-refractivity contribution in [2.24, 2.45) is 7.05 Å². The highest BCUT2D eigenvalue weighted by atomic mass is 16.3. The molecule has 0 radical (unpaired) electrons. The molecule has 2 rings (SSSR count). The number of nitrogens with one attached hydrogen (secondary N) is 2. The fourth-order valence-corrected chi connectivity index (χ4v) is 2.57. The summed E-state index contributed by atoms with van der Waals surface area (Å²) >= 11 is 0. The molecule has 7 heteroatoms. The van der Waals surface area contributed by atoms with Crippen LogP contribution >= 0.6 is 0 Å². The fraction of sp³-hybridized carbons (Fsp3) is 0.706. The van der Waals surface area contributed by atoms with Crippen LogP contribution in [0.4, 0.5) is 0 Å². The summed E-state index contributed by atoms with van der Waals surface area (Å²) in [6.07, 6.45) is 7.63. The van der Waals surface area contributed by atoms with Gasteiger partial charge < -0.3 is 15.7 Å². The lowest BCUT2D eigenvalue weighted by Crippen LogP contribution is -2.51. The SMILES string of the molecule is CCCCC(NC(=O)CCc1cnn(C)c1)C(O)C(=O)NC1CC1. The molecule has 0 saturated heterocycles. The fourth-order valence-electron chi connectivity index (χ4n) is 2.57. The first-order valence-electron chi connectivity index (χ1n) is 8.75. The maximum Gasteiger partial charge on any atom is 0.251 e. The van der Waals surface area contributed by atoms with Crippen molar-refractivity contribution in [2.45, 2.75) is 70.1 Å². The Labute approximate surface area is 142 Å². The minimum absolute atomic E-state index is 0.154. The number of rotatable bonds is 10. The smallest absolute Gasteiger partial charge is 0.251 e. The van der Waals surface area contributed by atoms with Crippen molar-refractivity contribution in [1.29, 1.82) is 0 Å². The van der Waals surface area contributed by atoms with Gasteiger partial charge in [0.25, 0.3) is 5.91 Å². The van der Waals surface area contributed by atoms with Crippen LogP contribution in [0.5, 0.6) is 0 Å². The number of aliphatic hydroxyl groups excluding tert-OH is 1. The second-order valence-electron chi connectivity index (χ2n) is 6.57. The van der Waals surface area contributed by atoms with Crippen LogP contribution in [0.1, 0.15) is 51.0 Å². The van der Waals surface area contributed by atoms with E-state index in [-0.39, 0.29) is 17.9 Å². The molecular weight excluding hydrogens is 308 g/mol. The summed E-state index contributed by atoms with van der Waals surface area (Å²) in [6.45, 7) is 2.04. The largest absolute Gasteiger partial charge is 0.381 e. The predicted octanol–water partition coefficient (Wildman–Crippen LogP) is 0.667. The molecule has 0 aromatic carbocycles. The van der Waals surface area contributed by atoms with E-state index < -0.39 is 12.1 Å². The van der Waals surface area contributed by atoms with Crippen LogP contribution in [-0.2, 0) is 23.1 Å². The number of carbonyl (C=O) groups is 2. The minimum Gasteiger partial charge on any atom is -0.381 e. The average molecular weight is 336 g/mol. The van der Waals surface area contributed by atoms with Crippen LogP contribution < -0.4 is 10.6 Å². The van der Waals surface area contributed by atoms with Gasteiger partial charge in [-0.3, -0.25) is 14.3 Å². The molecule has 0 aliphatic heterocycles. The van der Waals surface area contributed by atoms with Gasteiger partial charge in [-0.1, -0.05) is 19.8 Å². The normalized spacial score (nSPS) is 16.5. The average Bonchev–Trinajstić information content (AvgIpc) is 3.27. The van der Waals surface area contributed by atoms with Gasteiger partial charge in [0.05, 0.1) is 12.2 Å². The standard InChI is InChI=1S/C17H28N4O3/c1-3-4-5-14(16(23)17(24)19-13-7-8-13)20-15(22)9-6-12-10-18-21(2)11-12/h10-11,13-14,16,23H,3-9H2,1-2H3,(H,19,24)(H,20,22). The Balaban J connectivity index is 1.83. The number of nitrogens with zero attached hydrogens (tertiary/aromatic N) is 2. The van der Waals surface area contributed by atoms with Gasteiger partial charge in [-0.15, -0.1) is 0 Å². The number of carbonyl (C=O) groups excluding carboxylic acids is 2. The Bertz CT molecular complexity index is 554. The highest BCUT2D eigenvalue weighted by molar-refractivity contribution is 5.83. The molecule has 1 fully saturated rings. The van der Waals surface area contributed by atoms with Crippen molar-refractivity contribution in [2.75, 3.05) is 0 Å². The summed E-state index contributed by atoms with van der Waals surface area (Å²) in [4.78, 5) is 24.2. The molecule has 1 aromatic heterocycles. The van der Waals surface area contributed by atoms with Gasteiger partial charge in [0, 0.05) is 25.7 Å². The van der Waals surface area contributed by atoms with Crippen molar-refractivity contribution >= 4 is 11.8 Å². The van der Waals surface area contributed by atoms with E-state index in [9.17, 15) is 14.7 Å². The van der Waals surface area contributed by atoms with E-state index >= 15 is 0 Å². The predicted molar refractivity (Wildman–Crippen MR) is 90.2 cm³/mol. The first kappa shape index (κ1) is 18.4. The van der Waals surface area contributed by atoms with Gasteiger partial charge in [0.1, 0.15) is 0 Å². The Hall–Kier alpha value is -1.89. The van der Waals surface area contributed by atoms with Crippen LogP contribution in [0, 0.1) is 0 Å². The third-order valence-corrected chi connectivity index (χ3v) is 4.19. The molecule has 1 aliphatic carbocycles. The molecule has 1 saturated carbocycles. The van der Waals surface area contributed by atoms with Crippen LogP contribution in [0.2, 0.25) is 0 Å². The van der Waals surface area contributed by atoms with E-state index in [1.807, 2.05) is 20.2 Å². The maximum absolute atomic E-state index is 12.2. The molecule has 0 bridgehead atoms. The lowest BCUT2D eigenvalue weighted by molar-refractivity contribution is -0.132. The highest BCUT2D eigenvalue weighted by Crippen LogP contribution is 2.19. The van der Waals surface area contributed by atoms with E-state index in [1.165, 1.54) is 0 Å². The van der Waals surface area contributed by atoms with Crippen LogP contribution in [-0.4, -0.2) is 44.9 Å². The molecule has 2 amide bonds.